The normalized spacial score (nSPS) is 16.8. The molecule has 0 bridgehead atoms. The molecule has 4 N–H and O–H groups in total. The minimum Gasteiger partial charge on any atom is -0.396 e. The Hall–Kier alpha value is -0.160. The van der Waals surface area contributed by atoms with Gasteiger partial charge in [-0.25, -0.2) is 0 Å². The van der Waals surface area contributed by atoms with Gasteiger partial charge in [0.05, 0.1) is 12.2 Å². The summed E-state index contributed by atoms with van der Waals surface area (Å²) in [5.41, 5.74) is 0. The lowest BCUT2D eigenvalue weighted by Gasteiger charge is -2.14. The Bertz CT molecular complexity index is 66.1. The molecule has 0 fully saturated rings. The first-order valence-corrected chi connectivity index (χ1v) is 3.30. The van der Waals surface area contributed by atoms with E-state index in [-0.39, 0.29) is 26.1 Å². The Balaban J connectivity index is 3.38. The number of hydrogen-bond acceptors (Lipinski definition) is 4. The molecule has 4 nitrogen and oxygen atoms in total. The Kier molecular flexibility index (Phi) is 5.52. The molecule has 0 saturated heterocycles. The fourth-order valence-corrected chi connectivity index (χ4v) is 0.649. The maximum absolute atomic E-state index is 8.93. The maximum Gasteiger partial charge on any atom is 0.0821 e. The van der Waals surface area contributed by atoms with E-state index in [0.29, 0.717) is 0 Å². The molecule has 0 aromatic rings. The highest BCUT2D eigenvalue weighted by molar-refractivity contribution is 4.65. The number of aliphatic hydroxyl groups excluding tert-OH is 4. The van der Waals surface area contributed by atoms with Crippen LogP contribution in [0.5, 0.6) is 0 Å². The van der Waals surface area contributed by atoms with Gasteiger partial charge in [0, 0.05) is 13.2 Å². The number of rotatable bonds is 5. The Morgan fingerprint density at radius 3 is 1.30 bits per heavy atom. The van der Waals surface area contributed by atoms with Crippen LogP contribution in [-0.4, -0.2) is 45.8 Å². The summed E-state index contributed by atoms with van der Waals surface area (Å²) in [4.78, 5) is 0. The van der Waals surface area contributed by atoms with E-state index in [4.69, 9.17) is 20.4 Å². The predicted molar refractivity (Wildman–Crippen MR) is 35.4 cm³/mol. The van der Waals surface area contributed by atoms with Crippen molar-refractivity contribution in [3.63, 3.8) is 0 Å². The molecule has 0 aliphatic carbocycles. The van der Waals surface area contributed by atoms with E-state index in [1.54, 1.807) is 0 Å². The highest BCUT2D eigenvalue weighted by atomic mass is 16.3. The summed E-state index contributed by atoms with van der Waals surface area (Å²) in [6.07, 6.45) is -1.53. The second-order valence-electron chi connectivity index (χ2n) is 2.16. The zero-order chi connectivity index (χ0) is 7.98. The van der Waals surface area contributed by atoms with Crippen LogP contribution in [0.15, 0.2) is 0 Å². The molecule has 0 aliphatic heterocycles. The summed E-state index contributed by atoms with van der Waals surface area (Å²) in [6.45, 7) is -0.298. The van der Waals surface area contributed by atoms with E-state index in [0.717, 1.165) is 0 Å². The molecule has 0 spiro atoms. The van der Waals surface area contributed by atoms with Crippen molar-refractivity contribution in [1.82, 2.24) is 0 Å². The molecule has 0 saturated carbocycles. The summed E-state index contributed by atoms with van der Waals surface area (Å²) < 4.78 is 0. The van der Waals surface area contributed by atoms with Crippen LogP contribution in [-0.2, 0) is 0 Å². The first-order chi connectivity index (χ1) is 4.72. The largest absolute Gasteiger partial charge is 0.396 e. The molecule has 0 aromatic heterocycles. The lowest BCUT2D eigenvalue weighted by molar-refractivity contribution is -0.00668. The third-order valence-electron chi connectivity index (χ3n) is 1.29. The highest BCUT2D eigenvalue weighted by Gasteiger charge is 2.13. The van der Waals surface area contributed by atoms with Crippen molar-refractivity contribution in [1.29, 1.82) is 0 Å². The third kappa shape index (κ3) is 3.79. The standard InChI is InChI=1S/C6H14O4/c7-3-1-5(9)6(10)2-4-8/h5-10H,1-4H2/t5-,6+. The van der Waals surface area contributed by atoms with Crippen LogP contribution in [0.3, 0.4) is 0 Å². The van der Waals surface area contributed by atoms with E-state index in [9.17, 15) is 0 Å². The number of aliphatic hydroxyl groups is 4. The van der Waals surface area contributed by atoms with E-state index in [2.05, 4.69) is 0 Å². The average molecular weight is 150 g/mol. The summed E-state index contributed by atoms with van der Waals surface area (Å²) in [5.74, 6) is 0. The molecule has 2 atom stereocenters. The fraction of sp³-hybridized carbons (Fsp3) is 1.00. The smallest absolute Gasteiger partial charge is 0.0821 e. The predicted octanol–water partition coefficient (Wildman–Crippen LogP) is -1.53. The second-order valence-corrected chi connectivity index (χ2v) is 2.16. The van der Waals surface area contributed by atoms with Crippen molar-refractivity contribution in [2.45, 2.75) is 25.0 Å². The molecule has 0 rings (SSSR count). The SMILES string of the molecule is OCC[C@@H](O)[C@@H](O)CCO. The van der Waals surface area contributed by atoms with Gasteiger partial charge in [0.2, 0.25) is 0 Å². The van der Waals surface area contributed by atoms with Crippen LogP contribution in [0.4, 0.5) is 0 Å². The van der Waals surface area contributed by atoms with Crippen molar-refractivity contribution < 1.29 is 20.4 Å². The van der Waals surface area contributed by atoms with E-state index < -0.39 is 12.2 Å². The molecule has 0 aliphatic rings. The third-order valence-corrected chi connectivity index (χ3v) is 1.29. The van der Waals surface area contributed by atoms with Gasteiger partial charge in [0.15, 0.2) is 0 Å². The van der Waals surface area contributed by atoms with Crippen LogP contribution in [0.25, 0.3) is 0 Å². The second kappa shape index (κ2) is 5.61. The van der Waals surface area contributed by atoms with Gasteiger partial charge in [0.1, 0.15) is 0 Å². The molecule has 4 heteroatoms. The lowest BCUT2D eigenvalue weighted by Crippen LogP contribution is -2.27. The summed E-state index contributed by atoms with van der Waals surface area (Å²) in [6, 6.07) is 0. The Morgan fingerprint density at radius 1 is 0.800 bits per heavy atom. The van der Waals surface area contributed by atoms with E-state index in [1.807, 2.05) is 0 Å². The van der Waals surface area contributed by atoms with Gasteiger partial charge in [0.25, 0.3) is 0 Å². The fourth-order valence-electron chi connectivity index (χ4n) is 0.649. The molecule has 62 valence electrons. The first-order valence-electron chi connectivity index (χ1n) is 3.30. The summed E-state index contributed by atoms with van der Waals surface area (Å²) in [7, 11) is 0. The van der Waals surface area contributed by atoms with Gasteiger partial charge in [-0.1, -0.05) is 0 Å². The van der Waals surface area contributed by atoms with Crippen molar-refractivity contribution in [3.8, 4) is 0 Å². The molecule has 0 unspecified atom stereocenters. The van der Waals surface area contributed by atoms with Crippen molar-refractivity contribution in [2.75, 3.05) is 13.2 Å². The minimum absolute atomic E-state index is 0.149. The zero-order valence-corrected chi connectivity index (χ0v) is 5.77. The van der Waals surface area contributed by atoms with Gasteiger partial charge >= 0.3 is 0 Å². The monoisotopic (exact) mass is 150 g/mol. The molecular weight excluding hydrogens is 136 g/mol. The van der Waals surface area contributed by atoms with E-state index in [1.165, 1.54) is 0 Å². The number of hydrogen-bond donors (Lipinski definition) is 4. The minimum atomic E-state index is -0.919. The van der Waals surface area contributed by atoms with Crippen LogP contribution in [0.2, 0.25) is 0 Å². The van der Waals surface area contributed by atoms with E-state index >= 15 is 0 Å². The van der Waals surface area contributed by atoms with Gasteiger partial charge in [-0.2, -0.15) is 0 Å². The van der Waals surface area contributed by atoms with Crippen LogP contribution < -0.4 is 0 Å². The van der Waals surface area contributed by atoms with Crippen LogP contribution >= 0.6 is 0 Å². The average Bonchev–Trinajstić information content (AvgIpc) is 1.89. The zero-order valence-electron chi connectivity index (χ0n) is 5.77. The Labute approximate surface area is 59.7 Å². The van der Waals surface area contributed by atoms with Crippen molar-refractivity contribution >= 4 is 0 Å². The highest BCUT2D eigenvalue weighted by Crippen LogP contribution is 2.01. The topological polar surface area (TPSA) is 80.9 Å². The van der Waals surface area contributed by atoms with Crippen molar-refractivity contribution in [3.05, 3.63) is 0 Å². The molecule has 0 radical (unpaired) electrons. The first kappa shape index (κ1) is 9.84. The molecule has 0 heterocycles. The van der Waals surface area contributed by atoms with Crippen molar-refractivity contribution in [2.24, 2.45) is 0 Å². The lowest BCUT2D eigenvalue weighted by atomic mass is 10.1. The quantitative estimate of drug-likeness (QED) is 0.383. The molecule has 0 amide bonds. The summed E-state index contributed by atoms with van der Waals surface area (Å²) in [5, 5.41) is 34.5. The van der Waals surface area contributed by atoms with Gasteiger partial charge in [-0.15, -0.1) is 0 Å². The van der Waals surface area contributed by atoms with Crippen LogP contribution in [0, 0.1) is 0 Å². The maximum atomic E-state index is 8.93. The van der Waals surface area contributed by atoms with Crippen LogP contribution in [0.1, 0.15) is 12.8 Å². The molecule has 0 aromatic carbocycles. The Morgan fingerprint density at radius 2 is 1.10 bits per heavy atom. The summed E-state index contributed by atoms with van der Waals surface area (Å²) >= 11 is 0. The van der Waals surface area contributed by atoms with Gasteiger partial charge < -0.3 is 20.4 Å². The van der Waals surface area contributed by atoms with Gasteiger partial charge in [-0.05, 0) is 12.8 Å². The molecular formula is C6H14O4. The molecule has 10 heavy (non-hydrogen) atoms. The van der Waals surface area contributed by atoms with Gasteiger partial charge in [-0.3, -0.25) is 0 Å².